The molecule has 1 heterocycles. The molecule has 0 spiro atoms. The Kier molecular flexibility index (Phi) is 6.60. The van der Waals surface area contributed by atoms with Gasteiger partial charge >= 0.3 is 24.9 Å². The summed E-state index contributed by atoms with van der Waals surface area (Å²) >= 11 is 0. The van der Waals surface area contributed by atoms with E-state index in [1.165, 1.54) is 30.0 Å². The third-order valence-corrected chi connectivity index (χ3v) is 3.02. The maximum atomic E-state index is 12.1. The largest absolute Gasteiger partial charge is 0.573 e. The number of aromatic nitrogens is 2. The van der Waals surface area contributed by atoms with Crippen molar-refractivity contribution < 1.29 is 37.0 Å². The number of anilines is 2. The van der Waals surface area contributed by atoms with Crippen molar-refractivity contribution >= 4 is 24.0 Å². The fourth-order valence-electron chi connectivity index (χ4n) is 1.96. The molecular weight excluding hydrogens is 373 g/mol. The second-order valence-corrected chi connectivity index (χ2v) is 4.96. The van der Waals surface area contributed by atoms with E-state index in [1.54, 1.807) is 0 Å². The second kappa shape index (κ2) is 8.89. The van der Waals surface area contributed by atoms with Crippen LogP contribution in [0, 0.1) is 0 Å². The average Bonchev–Trinajstić information content (AvgIpc) is 2.95. The number of nitrogens with one attached hydrogen (secondary N) is 2. The number of carbonyl (C=O) groups is 2. The van der Waals surface area contributed by atoms with Gasteiger partial charge in [-0.05, 0) is 24.3 Å². The highest BCUT2D eigenvalue weighted by Crippen LogP contribution is 2.24. The van der Waals surface area contributed by atoms with E-state index in [1.807, 2.05) is 0 Å². The minimum atomic E-state index is -4.80. The Labute approximate surface area is 151 Å². The maximum Gasteiger partial charge on any atom is 0.573 e. The number of hydrogen-bond donors (Lipinski definition) is 2. The normalized spacial score (nSPS) is 11.0. The summed E-state index contributed by atoms with van der Waals surface area (Å²) in [6.45, 7) is 0.847. The molecule has 0 saturated heterocycles. The molecule has 0 radical (unpaired) electrons. The van der Waals surface area contributed by atoms with Crippen molar-refractivity contribution in [3.8, 4) is 11.8 Å². The van der Waals surface area contributed by atoms with E-state index < -0.39 is 18.1 Å². The predicted molar refractivity (Wildman–Crippen MR) is 86.6 cm³/mol. The molecule has 146 valence electrons. The maximum absolute atomic E-state index is 12.1. The van der Waals surface area contributed by atoms with Crippen LogP contribution in [0.15, 0.2) is 30.5 Å². The zero-order valence-electron chi connectivity index (χ0n) is 13.9. The van der Waals surface area contributed by atoms with Gasteiger partial charge in [-0.15, -0.1) is 13.2 Å². The quantitative estimate of drug-likeness (QED) is 0.674. The van der Waals surface area contributed by atoms with Gasteiger partial charge < -0.3 is 19.5 Å². The topological polar surface area (TPSA) is 104 Å². The summed E-state index contributed by atoms with van der Waals surface area (Å²) in [4.78, 5) is 26.4. The van der Waals surface area contributed by atoms with Crippen molar-refractivity contribution in [2.75, 3.05) is 24.4 Å². The van der Waals surface area contributed by atoms with E-state index in [0.717, 1.165) is 12.1 Å². The minimum Gasteiger partial charge on any atom is -0.406 e. The van der Waals surface area contributed by atoms with Crippen LogP contribution >= 0.6 is 0 Å². The first-order valence-corrected chi connectivity index (χ1v) is 7.41. The molecule has 0 aliphatic heterocycles. The second-order valence-electron chi connectivity index (χ2n) is 4.96. The fourth-order valence-corrected chi connectivity index (χ4v) is 1.96. The van der Waals surface area contributed by atoms with Crippen LogP contribution < -0.4 is 20.1 Å². The highest BCUT2D eigenvalue weighted by atomic mass is 19.4. The summed E-state index contributed by atoms with van der Waals surface area (Å²) < 4.78 is 51.1. The molecule has 2 N–H and O–H groups in total. The minimum absolute atomic E-state index is 0.0361. The molecule has 9 nitrogen and oxygen atoms in total. The first kappa shape index (κ1) is 20.0. The van der Waals surface area contributed by atoms with Crippen LogP contribution in [0.2, 0.25) is 0 Å². The third kappa shape index (κ3) is 6.51. The Morgan fingerprint density at radius 3 is 2.56 bits per heavy atom. The summed E-state index contributed by atoms with van der Waals surface area (Å²) in [5.74, 6) is -0.321. The van der Waals surface area contributed by atoms with Crippen molar-refractivity contribution in [3.63, 3.8) is 0 Å². The molecule has 2 amide bonds. The smallest absolute Gasteiger partial charge is 0.406 e. The fraction of sp³-hybridized carbons (Fsp3) is 0.267. The number of methoxy groups -OCH3 is 1. The molecule has 0 fully saturated rings. The van der Waals surface area contributed by atoms with E-state index in [2.05, 4.69) is 20.4 Å². The molecule has 0 saturated carbocycles. The summed E-state index contributed by atoms with van der Waals surface area (Å²) in [7, 11) is 1.49. The van der Waals surface area contributed by atoms with Crippen LogP contribution in [0.25, 0.3) is 0 Å². The van der Waals surface area contributed by atoms with Crippen molar-refractivity contribution in [2.24, 2.45) is 0 Å². The number of imidazole rings is 1. The standard InChI is InChI=1S/C15H15F3N4O5/c1-25-7-6-22-8-12(21-14(22)26-9-23)20-13(24)19-10-2-4-11(5-3-10)27-15(16,17)18/h2-5,8-9H,6-7H2,1H3,(H2,19,20,24). The highest BCUT2D eigenvalue weighted by molar-refractivity contribution is 5.99. The Morgan fingerprint density at radius 2 is 1.96 bits per heavy atom. The van der Waals surface area contributed by atoms with E-state index >= 15 is 0 Å². The molecule has 1 aromatic heterocycles. The Hall–Kier alpha value is -3.28. The first-order chi connectivity index (χ1) is 12.8. The van der Waals surface area contributed by atoms with Crippen molar-refractivity contribution in [3.05, 3.63) is 30.5 Å². The third-order valence-electron chi connectivity index (χ3n) is 3.02. The molecule has 0 aliphatic rings. The molecule has 27 heavy (non-hydrogen) atoms. The number of urea groups is 1. The predicted octanol–water partition coefficient (Wildman–Crippen LogP) is 2.61. The summed E-state index contributed by atoms with van der Waals surface area (Å²) in [5, 5.41) is 4.82. The highest BCUT2D eigenvalue weighted by Gasteiger charge is 2.30. The Morgan fingerprint density at radius 1 is 1.26 bits per heavy atom. The zero-order valence-corrected chi connectivity index (χ0v) is 13.9. The lowest BCUT2D eigenvalue weighted by Gasteiger charge is -2.10. The van der Waals surface area contributed by atoms with Crippen LogP contribution in [0.1, 0.15) is 0 Å². The van der Waals surface area contributed by atoms with Gasteiger partial charge in [0.15, 0.2) is 5.82 Å². The summed E-state index contributed by atoms with van der Waals surface area (Å²) in [5.41, 5.74) is 0.227. The van der Waals surface area contributed by atoms with Gasteiger partial charge in [0.1, 0.15) is 5.75 Å². The molecular formula is C15H15F3N4O5. The molecule has 1 aromatic carbocycles. The van der Waals surface area contributed by atoms with E-state index in [0.29, 0.717) is 13.2 Å². The molecule has 2 aromatic rings. The number of halogens is 3. The van der Waals surface area contributed by atoms with E-state index in [4.69, 9.17) is 9.47 Å². The molecule has 12 heteroatoms. The number of carbonyl (C=O) groups excluding carboxylic acids is 2. The van der Waals surface area contributed by atoms with E-state index in [9.17, 15) is 22.8 Å². The Balaban J connectivity index is 1.97. The number of nitrogens with zero attached hydrogens (tertiary/aromatic N) is 2. The van der Waals surface area contributed by atoms with Gasteiger partial charge in [-0.2, -0.15) is 4.98 Å². The molecule has 0 bridgehead atoms. The number of alkyl halides is 3. The van der Waals surface area contributed by atoms with Gasteiger partial charge in [-0.25, -0.2) is 4.79 Å². The first-order valence-electron chi connectivity index (χ1n) is 7.41. The van der Waals surface area contributed by atoms with E-state index in [-0.39, 0.29) is 24.0 Å². The number of rotatable bonds is 8. The van der Waals surface area contributed by atoms with Crippen LogP contribution in [0.3, 0.4) is 0 Å². The molecule has 2 rings (SSSR count). The van der Waals surface area contributed by atoms with Gasteiger partial charge in [-0.3, -0.25) is 14.7 Å². The van der Waals surface area contributed by atoms with Crippen molar-refractivity contribution in [1.29, 1.82) is 0 Å². The average molecular weight is 388 g/mol. The number of hydrogen-bond acceptors (Lipinski definition) is 6. The lowest BCUT2D eigenvalue weighted by molar-refractivity contribution is -0.274. The van der Waals surface area contributed by atoms with Gasteiger partial charge in [0.05, 0.1) is 19.3 Å². The Bertz CT molecular complexity index is 777. The van der Waals surface area contributed by atoms with Crippen molar-refractivity contribution in [1.82, 2.24) is 9.55 Å². The lowest BCUT2D eigenvalue weighted by atomic mass is 10.3. The molecule has 0 unspecified atom stereocenters. The monoisotopic (exact) mass is 388 g/mol. The van der Waals surface area contributed by atoms with Crippen LogP contribution in [0.4, 0.5) is 29.5 Å². The number of ether oxygens (including phenoxy) is 3. The summed E-state index contributed by atoms with van der Waals surface area (Å²) in [6, 6.07) is 3.84. The zero-order chi connectivity index (χ0) is 19.9. The SMILES string of the molecule is COCCn1cc(NC(=O)Nc2ccc(OC(F)(F)F)cc2)nc1OC=O. The summed E-state index contributed by atoms with van der Waals surface area (Å²) in [6.07, 6.45) is -3.37. The van der Waals surface area contributed by atoms with Gasteiger partial charge in [0, 0.05) is 12.8 Å². The van der Waals surface area contributed by atoms with Crippen LogP contribution in [-0.2, 0) is 16.1 Å². The molecule has 0 atom stereocenters. The lowest BCUT2D eigenvalue weighted by Crippen LogP contribution is -2.20. The van der Waals surface area contributed by atoms with Crippen molar-refractivity contribution in [2.45, 2.75) is 12.9 Å². The van der Waals surface area contributed by atoms with Gasteiger partial charge in [0.25, 0.3) is 0 Å². The van der Waals surface area contributed by atoms with Gasteiger partial charge in [-0.1, -0.05) is 0 Å². The number of benzene rings is 1. The van der Waals surface area contributed by atoms with Gasteiger partial charge in [0.2, 0.25) is 0 Å². The molecule has 0 aliphatic carbocycles. The van der Waals surface area contributed by atoms with Crippen LogP contribution in [-0.4, -0.2) is 42.1 Å². The number of amides is 2. The van der Waals surface area contributed by atoms with Crippen LogP contribution in [0.5, 0.6) is 11.8 Å².